The Balaban J connectivity index is 2.27. The first-order valence-electron chi connectivity index (χ1n) is 7.90. The van der Waals surface area contributed by atoms with Crippen LogP contribution >= 0.6 is 30.1 Å². The van der Waals surface area contributed by atoms with E-state index in [1.54, 1.807) is 13.8 Å². The van der Waals surface area contributed by atoms with Crippen molar-refractivity contribution in [1.82, 2.24) is 4.90 Å². The number of carbonyl (C=O) groups excluding carboxylic acids is 2. The highest BCUT2D eigenvalue weighted by Crippen LogP contribution is 2.39. The highest BCUT2D eigenvalue weighted by molar-refractivity contribution is 14.2. The van der Waals surface area contributed by atoms with E-state index in [0.29, 0.717) is 6.61 Å². The smallest absolute Gasteiger partial charge is 0.230 e. The Bertz CT molecular complexity index is 611. The molecular formula is C17H23IN2O3S. The van der Waals surface area contributed by atoms with Gasteiger partial charge in [-0.05, 0) is 38.3 Å². The summed E-state index contributed by atoms with van der Waals surface area (Å²) in [5, 5.41) is 0. The molecule has 1 aromatic carbocycles. The SMILES string of the molecule is CC(C)c1ccccc1C1(C(N)=O)CC(=O)N(COCCSI)C1. The maximum absolute atomic E-state index is 12.4. The molecule has 2 rings (SSSR count). The number of likely N-dealkylation sites (tertiary alicyclic amines) is 1. The number of nitrogens with zero attached hydrogens (tertiary/aromatic N) is 1. The largest absolute Gasteiger partial charge is 0.369 e. The van der Waals surface area contributed by atoms with E-state index < -0.39 is 11.3 Å². The lowest BCUT2D eigenvalue weighted by molar-refractivity contribution is -0.132. The summed E-state index contributed by atoms with van der Waals surface area (Å²) in [5.41, 5.74) is 6.73. The van der Waals surface area contributed by atoms with Crippen molar-refractivity contribution in [1.29, 1.82) is 0 Å². The molecule has 24 heavy (non-hydrogen) atoms. The van der Waals surface area contributed by atoms with Gasteiger partial charge < -0.3 is 15.4 Å². The van der Waals surface area contributed by atoms with E-state index in [1.807, 2.05) is 24.3 Å². The monoisotopic (exact) mass is 462 g/mol. The minimum atomic E-state index is -0.973. The van der Waals surface area contributed by atoms with E-state index in [0.717, 1.165) is 16.9 Å². The van der Waals surface area contributed by atoms with Crippen molar-refractivity contribution in [3.05, 3.63) is 35.4 Å². The summed E-state index contributed by atoms with van der Waals surface area (Å²) in [6.45, 7) is 5.21. The highest BCUT2D eigenvalue weighted by Gasteiger charge is 2.50. The molecular weight excluding hydrogens is 439 g/mol. The molecule has 2 N–H and O–H groups in total. The molecule has 0 saturated carbocycles. The van der Waals surface area contributed by atoms with Crippen LogP contribution in [0.5, 0.6) is 0 Å². The Morgan fingerprint density at radius 1 is 1.46 bits per heavy atom. The lowest BCUT2D eigenvalue weighted by Gasteiger charge is -2.29. The fourth-order valence-electron chi connectivity index (χ4n) is 3.14. The van der Waals surface area contributed by atoms with Crippen molar-refractivity contribution in [3.63, 3.8) is 0 Å². The summed E-state index contributed by atoms with van der Waals surface area (Å²) in [5.74, 6) is 0.571. The van der Waals surface area contributed by atoms with Crippen LogP contribution in [0.4, 0.5) is 0 Å². The third kappa shape index (κ3) is 4.05. The zero-order valence-corrected chi connectivity index (χ0v) is 16.9. The Labute approximate surface area is 159 Å². The van der Waals surface area contributed by atoms with Crippen molar-refractivity contribution in [2.75, 3.05) is 25.6 Å². The minimum Gasteiger partial charge on any atom is -0.369 e. The van der Waals surface area contributed by atoms with Crippen LogP contribution in [0.25, 0.3) is 0 Å². The zero-order chi connectivity index (χ0) is 17.7. The molecule has 1 heterocycles. The molecule has 1 aliphatic heterocycles. The molecule has 0 bridgehead atoms. The van der Waals surface area contributed by atoms with Gasteiger partial charge in [-0.3, -0.25) is 9.59 Å². The first kappa shape index (κ1) is 19.5. The zero-order valence-electron chi connectivity index (χ0n) is 14.0. The second kappa shape index (κ2) is 8.53. The number of carbonyl (C=O) groups is 2. The number of primary amides is 1. The number of ether oxygens (including phenoxy) is 1. The van der Waals surface area contributed by atoms with Gasteiger partial charge >= 0.3 is 0 Å². The van der Waals surface area contributed by atoms with Crippen molar-refractivity contribution < 1.29 is 14.3 Å². The standard InChI is InChI=1S/C17H23IN2O3S/c1-12(2)13-5-3-4-6-14(13)17(16(19)22)9-15(21)20(10-17)11-23-7-8-24-18/h3-6,12H,7-11H2,1-2H3,(H2,19,22). The first-order valence-corrected chi connectivity index (χ1v) is 11.4. The van der Waals surface area contributed by atoms with Crippen LogP contribution in [0.2, 0.25) is 0 Å². The number of amides is 2. The maximum Gasteiger partial charge on any atom is 0.230 e. The quantitative estimate of drug-likeness (QED) is 0.477. The number of nitrogens with two attached hydrogens (primary N) is 1. The minimum absolute atomic E-state index is 0.0884. The Kier molecular flexibility index (Phi) is 6.94. The Morgan fingerprint density at radius 3 is 2.79 bits per heavy atom. The molecule has 1 unspecified atom stereocenters. The third-order valence-electron chi connectivity index (χ3n) is 4.39. The van der Waals surface area contributed by atoms with Crippen LogP contribution in [-0.4, -0.2) is 42.3 Å². The molecule has 0 radical (unpaired) electrons. The van der Waals surface area contributed by atoms with Gasteiger partial charge in [0.25, 0.3) is 0 Å². The van der Waals surface area contributed by atoms with Crippen LogP contribution in [0.3, 0.4) is 0 Å². The molecule has 132 valence electrons. The molecule has 0 aliphatic carbocycles. The summed E-state index contributed by atoms with van der Waals surface area (Å²) in [6, 6.07) is 7.77. The van der Waals surface area contributed by atoms with E-state index >= 15 is 0 Å². The normalized spacial score (nSPS) is 20.8. The van der Waals surface area contributed by atoms with Crippen molar-refractivity contribution in [2.45, 2.75) is 31.6 Å². The Morgan fingerprint density at radius 2 is 2.17 bits per heavy atom. The van der Waals surface area contributed by atoms with Gasteiger partial charge in [-0.25, -0.2) is 0 Å². The lowest BCUT2D eigenvalue weighted by Crippen LogP contribution is -2.44. The number of hydrogen-bond acceptors (Lipinski definition) is 4. The predicted molar refractivity (Wildman–Crippen MR) is 105 cm³/mol. The van der Waals surface area contributed by atoms with Gasteiger partial charge in [-0.1, -0.05) is 47.0 Å². The van der Waals surface area contributed by atoms with Crippen LogP contribution in [0.15, 0.2) is 24.3 Å². The lowest BCUT2D eigenvalue weighted by atomic mass is 9.74. The molecule has 2 amide bonds. The van der Waals surface area contributed by atoms with Crippen molar-refractivity contribution in [3.8, 4) is 0 Å². The van der Waals surface area contributed by atoms with Gasteiger partial charge in [0.15, 0.2) is 0 Å². The fourth-order valence-corrected chi connectivity index (χ4v) is 3.86. The number of halogens is 1. The van der Waals surface area contributed by atoms with E-state index in [-0.39, 0.29) is 31.5 Å². The summed E-state index contributed by atoms with van der Waals surface area (Å²) in [4.78, 5) is 26.4. The van der Waals surface area contributed by atoms with Gasteiger partial charge in [-0.15, -0.1) is 0 Å². The molecule has 1 fully saturated rings. The number of hydrogen-bond donors (Lipinski definition) is 1. The summed E-state index contributed by atoms with van der Waals surface area (Å²) in [6.07, 6.45) is 0.108. The molecule has 5 nitrogen and oxygen atoms in total. The molecule has 1 atom stereocenters. The molecule has 1 aliphatic rings. The second-order valence-corrected chi connectivity index (χ2v) is 8.80. The third-order valence-corrected chi connectivity index (χ3v) is 6.03. The fraction of sp³-hybridized carbons (Fsp3) is 0.529. The van der Waals surface area contributed by atoms with Crippen LogP contribution in [-0.2, 0) is 19.7 Å². The van der Waals surface area contributed by atoms with Gasteiger partial charge in [-0.2, -0.15) is 0 Å². The van der Waals surface area contributed by atoms with Crippen molar-refractivity contribution >= 4 is 42.0 Å². The van der Waals surface area contributed by atoms with Crippen molar-refractivity contribution in [2.24, 2.45) is 5.73 Å². The van der Waals surface area contributed by atoms with E-state index in [4.69, 9.17) is 10.5 Å². The number of benzene rings is 1. The molecule has 1 saturated heterocycles. The van der Waals surface area contributed by atoms with E-state index in [1.165, 1.54) is 0 Å². The van der Waals surface area contributed by atoms with Crippen LogP contribution < -0.4 is 5.73 Å². The average Bonchev–Trinajstić information content (AvgIpc) is 2.89. The average molecular weight is 462 g/mol. The topological polar surface area (TPSA) is 72.6 Å². The predicted octanol–water partition coefficient (Wildman–Crippen LogP) is 2.82. The molecule has 7 heteroatoms. The van der Waals surface area contributed by atoms with Crippen LogP contribution in [0, 0.1) is 0 Å². The second-order valence-electron chi connectivity index (χ2n) is 6.31. The van der Waals surface area contributed by atoms with E-state index in [9.17, 15) is 9.59 Å². The first-order chi connectivity index (χ1) is 11.4. The molecule has 0 spiro atoms. The van der Waals surface area contributed by atoms with E-state index in [2.05, 4.69) is 35.1 Å². The van der Waals surface area contributed by atoms with Gasteiger partial charge in [0, 0.05) is 18.7 Å². The molecule has 0 aromatic heterocycles. The van der Waals surface area contributed by atoms with Gasteiger partial charge in [0.1, 0.15) is 12.1 Å². The Hall–Kier alpha value is -0.800. The summed E-state index contributed by atoms with van der Waals surface area (Å²) in [7, 11) is 1.66. The van der Waals surface area contributed by atoms with Gasteiger partial charge in [0.2, 0.25) is 11.8 Å². The summed E-state index contributed by atoms with van der Waals surface area (Å²) >= 11 is 2.21. The maximum atomic E-state index is 12.4. The van der Waals surface area contributed by atoms with Crippen LogP contribution in [0.1, 0.15) is 37.3 Å². The highest BCUT2D eigenvalue weighted by atomic mass is 127. The number of rotatable bonds is 8. The van der Waals surface area contributed by atoms with Gasteiger partial charge in [0.05, 0.1) is 6.61 Å². The summed E-state index contributed by atoms with van der Waals surface area (Å²) < 4.78 is 5.54. The molecule has 1 aromatic rings.